The Kier molecular flexibility index (Phi) is 7.26. The number of fused-ring (bicyclic) bond motifs is 3. The van der Waals surface area contributed by atoms with Gasteiger partial charge in [-0.15, -0.1) is 0 Å². The fourth-order valence-electron chi connectivity index (χ4n) is 4.28. The first-order chi connectivity index (χ1) is 13.2. The molecule has 0 heterocycles. The summed E-state index contributed by atoms with van der Waals surface area (Å²) in [5, 5.41) is 0. The first-order valence-electron chi connectivity index (χ1n) is 11.0. The standard InChI is InChI=1S/C26H34O/c1-3-4-5-6-7-8-9-10-11-12-15-21-18-24-23-17-14-13-16-22(23)19-25(24)26(27)20(21)2/h13-14,16-19H,3-12,15H2,1-2H3. The van der Waals surface area contributed by atoms with Crippen molar-refractivity contribution in [2.24, 2.45) is 0 Å². The summed E-state index contributed by atoms with van der Waals surface area (Å²) in [5.74, 6) is 0.228. The minimum atomic E-state index is 0.228. The van der Waals surface area contributed by atoms with Gasteiger partial charge in [-0.2, -0.15) is 0 Å². The maximum Gasteiger partial charge on any atom is 0.189 e. The van der Waals surface area contributed by atoms with Gasteiger partial charge in [0, 0.05) is 11.1 Å². The van der Waals surface area contributed by atoms with Crippen LogP contribution in [0.5, 0.6) is 0 Å². The van der Waals surface area contributed by atoms with E-state index in [0.717, 1.165) is 23.1 Å². The molecule has 1 aromatic carbocycles. The summed E-state index contributed by atoms with van der Waals surface area (Å²) >= 11 is 0. The monoisotopic (exact) mass is 362 g/mol. The van der Waals surface area contributed by atoms with E-state index in [1.165, 1.54) is 80.9 Å². The number of ketones is 1. The Labute approximate surface area is 165 Å². The highest BCUT2D eigenvalue weighted by Gasteiger charge is 2.29. The summed E-state index contributed by atoms with van der Waals surface area (Å²) in [7, 11) is 0. The molecule has 0 bridgehead atoms. The van der Waals surface area contributed by atoms with Crippen LogP contribution in [0.3, 0.4) is 0 Å². The number of carbonyl (C=O) groups excluding carboxylic acids is 1. The van der Waals surface area contributed by atoms with E-state index in [0.29, 0.717) is 0 Å². The van der Waals surface area contributed by atoms with E-state index in [9.17, 15) is 4.79 Å². The minimum Gasteiger partial charge on any atom is -0.289 e. The third-order valence-electron chi connectivity index (χ3n) is 6.03. The molecule has 1 nitrogen and oxygen atoms in total. The molecule has 2 aliphatic rings. The van der Waals surface area contributed by atoms with Crippen LogP contribution in [0, 0.1) is 0 Å². The molecule has 0 amide bonds. The van der Waals surface area contributed by atoms with Crippen LogP contribution in [-0.2, 0) is 4.79 Å². The lowest BCUT2D eigenvalue weighted by molar-refractivity contribution is -0.111. The topological polar surface area (TPSA) is 17.1 Å². The number of rotatable bonds is 11. The molecule has 3 rings (SSSR count). The Morgan fingerprint density at radius 2 is 1.37 bits per heavy atom. The minimum absolute atomic E-state index is 0.228. The fourth-order valence-corrected chi connectivity index (χ4v) is 4.28. The predicted octanol–water partition coefficient (Wildman–Crippen LogP) is 7.68. The Hall–Kier alpha value is -1.89. The number of benzene rings is 1. The second-order valence-electron chi connectivity index (χ2n) is 8.11. The van der Waals surface area contributed by atoms with E-state index >= 15 is 0 Å². The van der Waals surface area contributed by atoms with Crippen LogP contribution >= 0.6 is 0 Å². The summed E-state index contributed by atoms with van der Waals surface area (Å²) in [6.45, 7) is 4.28. The van der Waals surface area contributed by atoms with E-state index in [2.05, 4.69) is 37.3 Å². The van der Waals surface area contributed by atoms with Crippen LogP contribution in [0.1, 0.15) is 95.6 Å². The first kappa shape index (κ1) is 19.9. The van der Waals surface area contributed by atoms with Crippen LogP contribution in [-0.4, -0.2) is 5.78 Å². The maximum absolute atomic E-state index is 12.8. The van der Waals surface area contributed by atoms with Gasteiger partial charge in [0.2, 0.25) is 0 Å². The molecule has 27 heavy (non-hydrogen) atoms. The third-order valence-corrected chi connectivity index (χ3v) is 6.03. The van der Waals surface area contributed by atoms with Crippen LogP contribution in [0.4, 0.5) is 0 Å². The molecule has 0 radical (unpaired) electrons. The molecule has 0 spiro atoms. The van der Waals surface area contributed by atoms with E-state index in [-0.39, 0.29) is 5.78 Å². The zero-order valence-electron chi connectivity index (χ0n) is 17.2. The third kappa shape index (κ3) is 4.89. The van der Waals surface area contributed by atoms with Crippen molar-refractivity contribution in [2.75, 3.05) is 0 Å². The number of carbonyl (C=O) groups is 1. The lowest BCUT2D eigenvalue weighted by Gasteiger charge is -2.17. The molecule has 0 saturated heterocycles. The van der Waals surface area contributed by atoms with Crippen molar-refractivity contribution >= 4 is 17.4 Å². The molecule has 2 aliphatic carbocycles. The smallest absolute Gasteiger partial charge is 0.189 e. The van der Waals surface area contributed by atoms with Gasteiger partial charge in [0.15, 0.2) is 5.78 Å². The summed E-state index contributed by atoms with van der Waals surface area (Å²) in [4.78, 5) is 12.8. The molecule has 144 valence electrons. The Bertz CT molecular complexity index is 760. The zero-order valence-corrected chi connectivity index (χ0v) is 17.2. The largest absolute Gasteiger partial charge is 0.289 e. The van der Waals surface area contributed by atoms with Gasteiger partial charge >= 0.3 is 0 Å². The van der Waals surface area contributed by atoms with Gasteiger partial charge in [-0.25, -0.2) is 0 Å². The van der Waals surface area contributed by atoms with E-state index < -0.39 is 0 Å². The average molecular weight is 363 g/mol. The fraction of sp³-hybridized carbons (Fsp3) is 0.500. The number of hydrogen-bond donors (Lipinski definition) is 0. The number of hydrogen-bond acceptors (Lipinski definition) is 1. The van der Waals surface area contributed by atoms with Crippen LogP contribution in [0.15, 0.2) is 47.1 Å². The lowest BCUT2D eigenvalue weighted by Crippen LogP contribution is -2.10. The van der Waals surface area contributed by atoms with Crippen molar-refractivity contribution in [3.8, 4) is 0 Å². The highest BCUT2D eigenvalue weighted by molar-refractivity contribution is 6.26. The highest BCUT2D eigenvalue weighted by Crippen LogP contribution is 2.41. The van der Waals surface area contributed by atoms with Gasteiger partial charge < -0.3 is 0 Å². The molecule has 0 fully saturated rings. The Balaban J connectivity index is 1.45. The van der Waals surface area contributed by atoms with Gasteiger partial charge in [-0.3, -0.25) is 4.79 Å². The maximum atomic E-state index is 12.8. The molecule has 0 aliphatic heterocycles. The summed E-state index contributed by atoms with van der Waals surface area (Å²) in [6, 6.07) is 8.35. The Morgan fingerprint density at radius 1 is 0.741 bits per heavy atom. The summed E-state index contributed by atoms with van der Waals surface area (Å²) in [6.07, 6.45) is 18.9. The number of allylic oxidation sites excluding steroid dienone is 5. The van der Waals surface area contributed by atoms with Crippen molar-refractivity contribution in [3.63, 3.8) is 0 Å². The highest BCUT2D eigenvalue weighted by atomic mass is 16.1. The molecule has 1 heteroatoms. The van der Waals surface area contributed by atoms with Crippen molar-refractivity contribution in [2.45, 2.75) is 84.5 Å². The lowest BCUT2D eigenvalue weighted by atomic mass is 9.85. The second kappa shape index (κ2) is 9.88. The SMILES string of the molecule is CCCCCCCCCCCCC1=C(C)C(=O)C2=Cc3ccccc3C2=C1. The van der Waals surface area contributed by atoms with Crippen LogP contribution < -0.4 is 0 Å². The van der Waals surface area contributed by atoms with E-state index in [1.54, 1.807) is 0 Å². The van der Waals surface area contributed by atoms with Crippen LogP contribution in [0.2, 0.25) is 0 Å². The Morgan fingerprint density at radius 3 is 2.07 bits per heavy atom. The summed E-state index contributed by atoms with van der Waals surface area (Å²) in [5.41, 5.74) is 6.63. The van der Waals surface area contributed by atoms with Gasteiger partial charge in [0.05, 0.1) is 0 Å². The van der Waals surface area contributed by atoms with E-state index in [4.69, 9.17) is 0 Å². The average Bonchev–Trinajstić information content (AvgIpc) is 3.06. The second-order valence-corrected chi connectivity index (χ2v) is 8.11. The number of unbranched alkanes of at least 4 members (excludes halogenated alkanes) is 9. The van der Waals surface area contributed by atoms with E-state index in [1.807, 2.05) is 13.0 Å². The zero-order chi connectivity index (χ0) is 19.1. The van der Waals surface area contributed by atoms with Crippen molar-refractivity contribution < 1.29 is 4.79 Å². The normalized spacial score (nSPS) is 15.6. The van der Waals surface area contributed by atoms with Gasteiger partial charge in [0.25, 0.3) is 0 Å². The van der Waals surface area contributed by atoms with Crippen LogP contribution in [0.25, 0.3) is 11.6 Å². The first-order valence-corrected chi connectivity index (χ1v) is 11.0. The van der Waals surface area contributed by atoms with Gasteiger partial charge in [-0.05, 0) is 54.2 Å². The van der Waals surface area contributed by atoms with Crippen molar-refractivity contribution in [3.05, 3.63) is 58.2 Å². The number of Topliss-reactive ketones (excluding diaryl/α,β-unsaturated/α-hetero) is 1. The van der Waals surface area contributed by atoms with Gasteiger partial charge in [0.1, 0.15) is 0 Å². The molecule has 0 aromatic heterocycles. The molecule has 1 aromatic rings. The predicted molar refractivity (Wildman–Crippen MR) is 117 cm³/mol. The molecule has 0 saturated carbocycles. The molecule has 0 unspecified atom stereocenters. The van der Waals surface area contributed by atoms with Gasteiger partial charge in [-0.1, -0.05) is 89.0 Å². The molecular formula is C26H34O. The molecule has 0 N–H and O–H groups in total. The van der Waals surface area contributed by atoms with Crippen molar-refractivity contribution in [1.29, 1.82) is 0 Å². The molecule has 0 atom stereocenters. The van der Waals surface area contributed by atoms with Crippen molar-refractivity contribution in [1.82, 2.24) is 0 Å². The summed E-state index contributed by atoms with van der Waals surface area (Å²) < 4.78 is 0. The molecular weight excluding hydrogens is 328 g/mol. The quantitative estimate of drug-likeness (QED) is 0.369.